The summed E-state index contributed by atoms with van der Waals surface area (Å²) in [6.07, 6.45) is 1.78. The summed E-state index contributed by atoms with van der Waals surface area (Å²) in [5.41, 5.74) is 0.0478. The van der Waals surface area contributed by atoms with Crippen LogP contribution < -0.4 is 5.32 Å². The number of aryl methyl sites for hydroxylation is 2. The van der Waals surface area contributed by atoms with Gasteiger partial charge in [-0.15, -0.1) is 0 Å². The van der Waals surface area contributed by atoms with E-state index in [1.54, 1.807) is 17.9 Å². The minimum Gasteiger partial charge on any atom is -0.467 e. The SMILES string of the molecule is COC(=O)C(C)(O)CNc1cn(C)nc1C. The summed E-state index contributed by atoms with van der Waals surface area (Å²) >= 11 is 0. The first-order valence-corrected chi connectivity index (χ1v) is 4.91. The average Bonchev–Trinajstić information content (AvgIpc) is 2.53. The lowest BCUT2D eigenvalue weighted by Gasteiger charge is -2.20. The molecule has 16 heavy (non-hydrogen) atoms. The van der Waals surface area contributed by atoms with Crippen molar-refractivity contribution in [1.29, 1.82) is 0 Å². The molecule has 0 bridgehead atoms. The molecular weight excluding hydrogens is 210 g/mol. The lowest BCUT2D eigenvalue weighted by atomic mass is 10.1. The normalized spacial score (nSPS) is 14.3. The highest BCUT2D eigenvalue weighted by molar-refractivity contribution is 5.79. The molecular formula is C10H17N3O3. The molecule has 6 heteroatoms. The summed E-state index contributed by atoms with van der Waals surface area (Å²) in [5.74, 6) is -0.665. The number of carbonyl (C=O) groups is 1. The van der Waals surface area contributed by atoms with Gasteiger partial charge in [-0.1, -0.05) is 0 Å². The number of nitrogens with one attached hydrogen (secondary N) is 1. The number of hydrogen-bond donors (Lipinski definition) is 2. The van der Waals surface area contributed by atoms with E-state index < -0.39 is 11.6 Å². The van der Waals surface area contributed by atoms with Crippen LogP contribution in [0.25, 0.3) is 0 Å². The van der Waals surface area contributed by atoms with E-state index in [9.17, 15) is 9.90 Å². The number of aliphatic hydroxyl groups is 1. The van der Waals surface area contributed by atoms with Crippen molar-refractivity contribution in [3.63, 3.8) is 0 Å². The van der Waals surface area contributed by atoms with E-state index in [1.807, 2.05) is 6.92 Å². The van der Waals surface area contributed by atoms with Crippen molar-refractivity contribution in [2.75, 3.05) is 19.0 Å². The van der Waals surface area contributed by atoms with Crippen molar-refractivity contribution in [2.45, 2.75) is 19.4 Å². The van der Waals surface area contributed by atoms with Crippen molar-refractivity contribution in [2.24, 2.45) is 7.05 Å². The summed E-state index contributed by atoms with van der Waals surface area (Å²) in [5, 5.41) is 16.9. The van der Waals surface area contributed by atoms with Crippen LogP contribution in [0.5, 0.6) is 0 Å². The fourth-order valence-corrected chi connectivity index (χ4v) is 1.33. The Balaban J connectivity index is 2.64. The molecule has 0 saturated carbocycles. The predicted molar refractivity (Wildman–Crippen MR) is 59.1 cm³/mol. The molecule has 1 unspecified atom stereocenters. The zero-order chi connectivity index (χ0) is 12.3. The molecule has 1 aromatic rings. The first-order valence-electron chi connectivity index (χ1n) is 4.91. The molecule has 90 valence electrons. The fraction of sp³-hybridized carbons (Fsp3) is 0.600. The van der Waals surface area contributed by atoms with Gasteiger partial charge in [-0.25, -0.2) is 4.79 Å². The van der Waals surface area contributed by atoms with Crippen LogP contribution in [-0.2, 0) is 16.6 Å². The standard InChI is InChI=1S/C10H17N3O3/c1-7-8(5-13(3)12-7)11-6-10(2,15)9(14)16-4/h5,11,15H,6H2,1-4H3. The molecule has 2 N–H and O–H groups in total. The third kappa shape index (κ3) is 2.73. The van der Waals surface area contributed by atoms with Crippen LogP contribution in [0.2, 0.25) is 0 Å². The van der Waals surface area contributed by atoms with Gasteiger partial charge in [0.1, 0.15) is 0 Å². The molecule has 0 saturated heterocycles. The van der Waals surface area contributed by atoms with Crippen molar-refractivity contribution >= 4 is 11.7 Å². The van der Waals surface area contributed by atoms with Crippen molar-refractivity contribution in [3.8, 4) is 0 Å². The number of carbonyl (C=O) groups excluding carboxylic acids is 1. The molecule has 0 aliphatic rings. The van der Waals surface area contributed by atoms with Crippen LogP contribution in [0.3, 0.4) is 0 Å². The number of ether oxygens (including phenoxy) is 1. The van der Waals surface area contributed by atoms with E-state index in [1.165, 1.54) is 14.0 Å². The number of anilines is 1. The molecule has 1 aromatic heterocycles. The zero-order valence-electron chi connectivity index (χ0n) is 9.94. The Kier molecular flexibility index (Phi) is 3.54. The maximum Gasteiger partial charge on any atom is 0.339 e. The van der Waals surface area contributed by atoms with Crippen LogP contribution in [-0.4, -0.2) is 40.1 Å². The second-order valence-electron chi connectivity index (χ2n) is 3.92. The Bertz CT molecular complexity index is 385. The van der Waals surface area contributed by atoms with E-state index in [0.29, 0.717) is 0 Å². The van der Waals surface area contributed by atoms with Gasteiger partial charge in [-0.3, -0.25) is 4.68 Å². The summed E-state index contributed by atoms with van der Waals surface area (Å²) < 4.78 is 6.15. The highest BCUT2D eigenvalue weighted by atomic mass is 16.5. The second kappa shape index (κ2) is 4.52. The van der Waals surface area contributed by atoms with Gasteiger partial charge in [-0.2, -0.15) is 5.10 Å². The number of methoxy groups -OCH3 is 1. The van der Waals surface area contributed by atoms with E-state index in [4.69, 9.17) is 0 Å². The Labute approximate surface area is 94.2 Å². The first-order chi connectivity index (χ1) is 7.36. The highest BCUT2D eigenvalue weighted by Crippen LogP contribution is 2.14. The van der Waals surface area contributed by atoms with Gasteiger partial charge in [0, 0.05) is 13.2 Å². The monoisotopic (exact) mass is 227 g/mol. The van der Waals surface area contributed by atoms with Gasteiger partial charge in [-0.05, 0) is 13.8 Å². The van der Waals surface area contributed by atoms with Crippen molar-refractivity contribution in [3.05, 3.63) is 11.9 Å². The smallest absolute Gasteiger partial charge is 0.339 e. The maximum atomic E-state index is 11.2. The lowest BCUT2D eigenvalue weighted by Crippen LogP contribution is -2.42. The summed E-state index contributed by atoms with van der Waals surface area (Å²) in [4.78, 5) is 11.2. The zero-order valence-corrected chi connectivity index (χ0v) is 9.94. The minimum absolute atomic E-state index is 0.0756. The van der Waals surface area contributed by atoms with Gasteiger partial charge in [0.15, 0.2) is 5.60 Å². The third-order valence-corrected chi connectivity index (χ3v) is 2.26. The highest BCUT2D eigenvalue weighted by Gasteiger charge is 2.31. The van der Waals surface area contributed by atoms with E-state index in [0.717, 1.165) is 11.4 Å². The van der Waals surface area contributed by atoms with E-state index >= 15 is 0 Å². The molecule has 0 spiro atoms. The first kappa shape index (κ1) is 12.5. The number of aromatic nitrogens is 2. The molecule has 0 aromatic carbocycles. The Morgan fingerprint density at radius 1 is 1.75 bits per heavy atom. The van der Waals surface area contributed by atoms with Gasteiger partial charge in [0.2, 0.25) is 0 Å². The van der Waals surface area contributed by atoms with Crippen LogP contribution in [0.1, 0.15) is 12.6 Å². The number of esters is 1. The van der Waals surface area contributed by atoms with Crippen LogP contribution >= 0.6 is 0 Å². The molecule has 6 nitrogen and oxygen atoms in total. The second-order valence-corrected chi connectivity index (χ2v) is 3.92. The van der Waals surface area contributed by atoms with Crippen molar-refractivity contribution < 1.29 is 14.6 Å². The molecule has 0 aliphatic carbocycles. The number of nitrogens with zero attached hydrogens (tertiary/aromatic N) is 2. The topological polar surface area (TPSA) is 76.4 Å². The van der Waals surface area contributed by atoms with Gasteiger partial charge in [0.25, 0.3) is 0 Å². The minimum atomic E-state index is -1.54. The van der Waals surface area contributed by atoms with E-state index in [-0.39, 0.29) is 6.54 Å². The molecule has 1 atom stereocenters. The molecule has 0 fully saturated rings. The number of rotatable bonds is 4. The van der Waals surface area contributed by atoms with E-state index in [2.05, 4.69) is 15.2 Å². The van der Waals surface area contributed by atoms with Gasteiger partial charge >= 0.3 is 5.97 Å². The van der Waals surface area contributed by atoms with Crippen molar-refractivity contribution in [1.82, 2.24) is 9.78 Å². The average molecular weight is 227 g/mol. The van der Waals surface area contributed by atoms with Gasteiger partial charge in [0.05, 0.1) is 25.0 Å². The number of hydrogen-bond acceptors (Lipinski definition) is 5. The summed E-state index contributed by atoms with van der Waals surface area (Å²) in [6.45, 7) is 3.32. The van der Waals surface area contributed by atoms with Crippen LogP contribution in [0.4, 0.5) is 5.69 Å². The summed E-state index contributed by atoms with van der Waals surface area (Å²) in [6, 6.07) is 0. The third-order valence-electron chi connectivity index (χ3n) is 2.26. The Morgan fingerprint density at radius 3 is 2.81 bits per heavy atom. The van der Waals surface area contributed by atoms with Crippen LogP contribution in [0.15, 0.2) is 6.20 Å². The molecule has 1 rings (SSSR count). The summed E-state index contributed by atoms with van der Waals surface area (Å²) in [7, 11) is 3.04. The molecule has 1 heterocycles. The maximum absolute atomic E-state index is 11.2. The molecule has 0 radical (unpaired) electrons. The molecule has 0 amide bonds. The lowest BCUT2D eigenvalue weighted by molar-refractivity contribution is -0.158. The molecule has 0 aliphatic heterocycles. The van der Waals surface area contributed by atoms with Crippen LogP contribution in [0, 0.1) is 6.92 Å². The fourth-order valence-electron chi connectivity index (χ4n) is 1.33. The largest absolute Gasteiger partial charge is 0.467 e. The Hall–Kier alpha value is -1.56. The van der Waals surface area contributed by atoms with Gasteiger partial charge < -0.3 is 15.2 Å². The quantitative estimate of drug-likeness (QED) is 0.711. The predicted octanol–water partition coefficient (Wildman–Crippen LogP) is 0.0644. The Morgan fingerprint density at radius 2 is 2.38 bits per heavy atom.